The fourth-order valence-electron chi connectivity index (χ4n) is 1.22. The van der Waals surface area contributed by atoms with Crippen molar-refractivity contribution in [1.82, 2.24) is 0 Å². The maximum Gasteiger partial charge on any atom is 0.138 e. The van der Waals surface area contributed by atoms with Crippen molar-refractivity contribution in [1.29, 1.82) is 0 Å². The summed E-state index contributed by atoms with van der Waals surface area (Å²) < 4.78 is 5.33. The third kappa shape index (κ3) is 0.745. The molecule has 2 rings (SSSR count). The molecule has 0 fully saturated rings. The first-order chi connectivity index (χ1) is 4.47. The fraction of sp³-hybridized carbons (Fsp3) is 0.571. The quantitative estimate of drug-likeness (QED) is 0.473. The Bertz CT molecular complexity index is 181. The maximum atomic E-state index is 5.33. The molecule has 0 saturated carbocycles. The lowest BCUT2D eigenvalue weighted by atomic mass is 10.1. The molecule has 0 aromatic carbocycles. The Morgan fingerprint density at radius 2 is 2.56 bits per heavy atom. The Balaban J connectivity index is 2.24. The molecule has 2 heterocycles. The molecule has 0 spiro atoms. The van der Waals surface area contributed by atoms with Crippen molar-refractivity contribution in [3.63, 3.8) is 0 Å². The molecule has 9 heavy (non-hydrogen) atoms. The summed E-state index contributed by atoms with van der Waals surface area (Å²) in [4.78, 5) is 4.10. The molecule has 0 saturated heterocycles. The van der Waals surface area contributed by atoms with E-state index in [0.29, 0.717) is 0 Å². The predicted molar refractivity (Wildman–Crippen MR) is 35.6 cm³/mol. The smallest absolute Gasteiger partial charge is 0.138 e. The molecule has 2 nitrogen and oxygen atoms in total. The lowest BCUT2D eigenvalue weighted by Crippen LogP contribution is -2.04. The standard InChI is InChI=1S/C7H9NO/c1-2-6-4-8-5-7(6)9-3-1/h5H,1-4H2. The molecular weight excluding hydrogens is 114 g/mol. The molecule has 0 bridgehead atoms. The highest BCUT2D eigenvalue weighted by molar-refractivity contribution is 5.80. The summed E-state index contributed by atoms with van der Waals surface area (Å²) in [5.41, 5.74) is 1.39. The molecule has 2 heteroatoms. The van der Waals surface area contributed by atoms with Crippen LogP contribution in [0.25, 0.3) is 0 Å². The SMILES string of the molecule is C1=NCC2=C1OCCC2. The highest BCUT2D eigenvalue weighted by Gasteiger charge is 2.14. The van der Waals surface area contributed by atoms with Gasteiger partial charge in [-0.25, -0.2) is 0 Å². The van der Waals surface area contributed by atoms with Gasteiger partial charge >= 0.3 is 0 Å². The largest absolute Gasteiger partial charge is 0.492 e. The van der Waals surface area contributed by atoms with E-state index in [1.807, 2.05) is 6.21 Å². The van der Waals surface area contributed by atoms with Crippen LogP contribution in [0.2, 0.25) is 0 Å². The number of allylic oxidation sites excluding steroid dienone is 1. The first-order valence-electron chi connectivity index (χ1n) is 3.31. The molecule has 0 aromatic heterocycles. The Hall–Kier alpha value is -0.790. The van der Waals surface area contributed by atoms with Gasteiger partial charge in [-0.3, -0.25) is 4.99 Å². The van der Waals surface area contributed by atoms with E-state index in [-0.39, 0.29) is 0 Å². The number of ether oxygens (including phenoxy) is 1. The summed E-state index contributed by atoms with van der Waals surface area (Å²) in [6.07, 6.45) is 4.20. The van der Waals surface area contributed by atoms with E-state index < -0.39 is 0 Å². The van der Waals surface area contributed by atoms with Crippen molar-refractivity contribution in [3.05, 3.63) is 11.3 Å². The summed E-state index contributed by atoms with van der Waals surface area (Å²) in [5, 5.41) is 0. The van der Waals surface area contributed by atoms with Crippen LogP contribution in [0.1, 0.15) is 12.8 Å². The van der Waals surface area contributed by atoms with Gasteiger partial charge in [0.2, 0.25) is 0 Å². The average molecular weight is 123 g/mol. The summed E-state index contributed by atoms with van der Waals surface area (Å²) in [6.45, 7) is 1.76. The third-order valence-corrected chi connectivity index (χ3v) is 1.72. The Morgan fingerprint density at radius 1 is 1.56 bits per heavy atom. The van der Waals surface area contributed by atoms with Crippen LogP contribution in [0.4, 0.5) is 0 Å². The molecule has 0 radical (unpaired) electrons. The topological polar surface area (TPSA) is 21.6 Å². The Labute approximate surface area is 54.2 Å². The second kappa shape index (κ2) is 1.87. The number of hydrogen-bond acceptors (Lipinski definition) is 2. The predicted octanol–water partition coefficient (Wildman–Crippen LogP) is 1.14. The van der Waals surface area contributed by atoms with Crippen LogP contribution in [0.5, 0.6) is 0 Å². The van der Waals surface area contributed by atoms with Crippen molar-refractivity contribution in [2.75, 3.05) is 13.2 Å². The lowest BCUT2D eigenvalue weighted by molar-refractivity contribution is 0.209. The van der Waals surface area contributed by atoms with E-state index in [1.165, 1.54) is 18.4 Å². The van der Waals surface area contributed by atoms with E-state index in [0.717, 1.165) is 18.9 Å². The molecule has 0 aliphatic carbocycles. The third-order valence-electron chi connectivity index (χ3n) is 1.72. The zero-order chi connectivity index (χ0) is 6.10. The van der Waals surface area contributed by atoms with Gasteiger partial charge in [-0.2, -0.15) is 0 Å². The van der Waals surface area contributed by atoms with E-state index in [9.17, 15) is 0 Å². The zero-order valence-electron chi connectivity index (χ0n) is 5.26. The lowest BCUT2D eigenvalue weighted by Gasteiger charge is -2.13. The molecule has 0 atom stereocenters. The van der Waals surface area contributed by atoms with Gasteiger partial charge in [-0.15, -0.1) is 0 Å². The minimum absolute atomic E-state index is 0.880. The number of nitrogens with zero attached hydrogens (tertiary/aromatic N) is 1. The number of hydrogen-bond donors (Lipinski definition) is 0. The summed E-state index contributed by atoms with van der Waals surface area (Å²) in [7, 11) is 0. The van der Waals surface area contributed by atoms with E-state index in [4.69, 9.17) is 4.74 Å². The normalized spacial score (nSPS) is 24.0. The van der Waals surface area contributed by atoms with Crippen LogP contribution < -0.4 is 0 Å². The maximum absolute atomic E-state index is 5.33. The second-order valence-electron chi connectivity index (χ2n) is 2.39. The number of aliphatic imine (C=N–C) groups is 1. The minimum Gasteiger partial charge on any atom is -0.492 e. The molecule has 0 amide bonds. The monoisotopic (exact) mass is 123 g/mol. The molecule has 0 aromatic rings. The highest BCUT2D eigenvalue weighted by Crippen LogP contribution is 2.21. The van der Waals surface area contributed by atoms with Gasteiger partial charge in [0, 0.05) is 0 Å². The van der Waals surface area contributed by atoms with Crippen molar-refractivity contribution in [2.24, 2.45) is 4.99 Å². The van der Waals surface area contributed by atoms with Crippen LogP contribution in [-0.4, -0.2) is 19.4 Å². The molecule has 2 aliphatic heterocycles. The van der Waals surface area contributed by atoms with Gasteiger partial charge in [-0.1, -0.05) is 0 Å². The van der Waals surface area contributed by atoms with Gasteiger partial charge in [0.05, 0.1) is 19.4 Å². The molecule has 0 N–H and O–H groups in total. The average Bonchev–Trinajstić information content (AvgIpc) is 2.33. The Kier molecular flexibility index (Phi) is 1.04. The first kappa shape index (κ1) is 5.03. The van der Waals surface area contributed by atoms with Crippen molar-refractivity contribution < 1.29 is 4.74 Å². The summed E-state index contributed by atoms with van der Waals surface area (Å²) in [6, 6.07) is 0. The number of rotatable bonds is 0. The molecule has 0 unspecified atom stereocenters. The van der Waals surface area contributed by atoms with Gasteiger partial charge in [0.25, 0.3) is 0 Å². The first-order valence-corrected chi connectivity index (χ1v) is 3.31. The van der Waals surface area contributed by atoms with Crippen LogP contribution in [-0.2, 0) is 4.74 Å². The van der Waals surface area contributed by atoms with Crippen LogP contribution in [0.15, 0.2) is 16.3 Å². The summed E-state index contributed by atoms with van der Waals surface area (Å²) >= 11 is 0. The Morgan fingerprint density at radius 3 is 3.44 bits per heavy atom. The highest BCUT2D eigenvalue weighted by atomic mass is 16.5. The second-order valence-corrected chi connectivity index (χ2v) is 2.39. The van der Waals surface area contributed by atoms with Crippen LogP contribution >= 0.6 is 0 Å². The molecular formula is C7H9NO. The van der Waals surface area contributed by atoms with Crippen molar-refractivity contribution >= 4 is 6.21 Å². The van der Waals surface area contributed by atoms with Crippen molar-refractivity contribution in [2.45, 2.75) is 12.8 Å². The van der Waals surface area contributed by atoms with Crippen LogP contribution in [0.3, 0.4) is 0 Å². The zero-order valence-corrected chi connectivity index (χ0v) is 5.26. The minimum atomic E-state index is 0.880. The van der Waals surface area contributed by atoms with E-state index in [2.05, 4.69) is 4.99 Å². The molecule has 48 valence electrons. The van der Waals surface area contributed by atoms with Gasteiger partial charge in [0.1, 0.15) is 5.76 Å². The summed E-state index contributed by atoms with van der Waals surface area (Å²) in [5.74, 6) is 1.04. The molecule has 2 aliphatic rings. The van der Waals surface area contributed by atoms with E-state index in [1.54, 1.807) is 0 Å². The van der Waals surface area contributed by atoms with Crippen LogP contribution in [0, 0.1) is 0 Å². The fourth-order valence-corrected chi connectivity index (χ4v) is 1.22. The van der Waals surface area contributed by atoms with Gasteiger partial charge < -0.3 is 4.74 Å². The van der Waals surface area contributed by atoms with Gasteiger partial charge in [-0.05, 0) is 18.4 Å². The van der Waals surface area contributed by atoms with E-state index >= 15 is 0 Å². The van der Waals surface area contributed by atoms with Crippen molar-refractivity contribution in [3.8, 4) is 0 Å². The van der Waals surface area contributed by atoms with Gasteiger partial charge in [0.15, 0.2) is 0 Å².